The van der Waals surface area contributed by atoms with Gasteiger partial charge in [-0.1, -0.05) is 41.9 Å². The number of nitrogens with one attached hydrogen (secondary N) is 2. The van der Waals surface area contributed by atoms with Gasteiger partial charge in [-0.3, -0.25) is 4.79 Å². The third-order valence-electron chi connectivity index (χ3n) is 2.67. The zero-order valence-corrected chi connectivity index (χ0v) is 12.8. The average Bonchev–Trinajstić information content (AvgIpc) is 2.26. The van der Waals surface area contributed by atoms with Crippen LogP contribution in [0.5, 0.6) is 0 Å². The van der Waals surface area contributed by atoms with Crippen molar-refractivity contribution in [1.29, 1.82) is 0 Å². The first-order valence-corrected chi connectivity index (χ1v) is 6.88. The smallest absolute Gasteiger partial charge is 0.224 e. The molecule has 1 aromatic carbocycles. The predicted octanol–water partition coefficient (Wildman–Crippen LogP) is 2.35. The second kappa shape index (κ2) is 6.90. The van der Waals surface area contributed by atoms with Crippen LogP contribution in [-0.2, 0) is 11.2 Å². The van der Waals surface area contributed by atoms with Crippen LogP contribution < -0.4 is 10.6 Å². The highest BCUT2D eigenvalue weighted by atomic mass is 79.9. The Bertz CT molecular complexity index is 405. The molecule has 0 fully saturated rings. The maximum atomic E-state index is 11.8. The molecule has 0 bridgehead atoms. The highest BCUT2D eigenvalue weighted by Gasteiger charge is 2.17. The minimum atomic E-state index is 0.0669. The van der Waals surface area contributed by atoms with E-state index in [0.29, 0.717) is 13.0 Å². The van der Waals surface area contributed by atoms with Crippen molar-refractivity contribution in [2.24, 2.45) is 5.41 Å². The summed E-state index contributed by atoms with van der Waals surface area (Å²) in [6.07, 6.45) is 0.426. The summed E-state index contributed by atoms with van der Waals surface area (Å²) < 4.78 is 1.00. The van der Waals surface area contributed by atoms with Crippen molar-refractivity contribution in [3.05, 3.63) is 34.3 Å². The summed E-state index contributed by atoms with van der Waals surface area (Å²) in [7, 11) is 1.92. The van der Waals surface area contributed by atoms with Crippen LogP contribution in [0.4, 0.5) is 0 Å². The van der Waals surface area contributed by atoms with Crippen molar-refractivity contribution >= 4 is 21.8 Å². The summed E-state index contributed by atoms with van der Waals surface area (Å²) in [5, 5.41) is 6.11. The molecule has 4 heteroatoms. The number of halogens is 1. The fourth-order valence-corrected chi connectivity index (χ4v) is 2.22. The van der Waals surface area contributed by atoms with Crippen LogP contribution in [0.1, 0.15) is 19.4 Å². The van der Waals surface area contributed by atoms with Crippen molar-refractivity contribution in [1.82, 2.24) is 10.6 Å². The monoisotopic (exact) mass is 312 g/mol. The Morgan fingerprint density at radius 2 is 2.06 bits per heavy atom. The van der Waals surface area contributed by atoms with Gasteiger partial charge in [0.05, 0.1) is 6.42 Å². The third kappa shape index (κ3) is 5.65. The molecule has 3 nitrogen and oxygen atoms in total. The lowest BCUT2D eigenvalue weighted by Gasteiger charge is -2.24. The Labute approximate surface area is 117 Å². The molecule has 0 saturated carbocycles. The van der Waals surface area contributed by atoms with E-state index in [0.717, 1.165) is 16.6 Å². The Kier molecular flexibility index (Phi) is 5.82. The maximum absolute atomic E-state index is 11.8. The number of hydrogen-bond donors (Lipinski definition) is 2. The van der Waals surface area contributed by atoms with E-state index in [1.54, 1.807) is 0 Å². The summed E-state index contributed by atoms with van der Waals surface area (Å²) in [6.45, 7) is 5.82. The van der Waals surface area contributed by atoms with Gasteiger partial charge < -0.3 is 10.6 Å². The molecule has 2 N–H and O–H groups in total. The van der Waals surface area contributed by atoms with Crippen LogP contribution in [0.3, 0.4) is 0 Å². The molecule has 1 amide bonds. The number of carbonyl (C=O) groups excluding carboxylic acids is 1. The van der Waals surface area contributed by atoms with Gasteiger partial charge in [-0.05, 0) is 30.2 Å². The molecule has 18 heavy (non-hydrogen) atoms. The van der Waals surface area contributed by atoms with Crippen LogP contribution in [-0.4, -0.2) is 26.0 Å². The lowest BCUT2D eigenvalue weighted by molar-refractivity contribution is -0.120. The Morgan fingerprint density at radius 1 is 1.33 bits per heavy atom. The lowest BCUT2D eigenvalue weighted by atomic mass is 9.93. The van der Waals surface area contributed by atoms with Crippen molar-refractivity contribution in [2.45, 2.75) is 20.3 Å². The normalized spacial score (nSPS) is 11.3. The standard InChI is InChI=1S/C14H21BrN2O/c1-14(2,9-16-3)10-17-13(18)8-11-5-4-6-12(15)7-11/h4-7,16H,8-10H2,1-3H3,(H,17,18). The number of rotatable bonds is 6. The van der Waals surface area contributed by atoms with Gasteiger partial charge in [0.2, 0.25) is 5.91 Å². The van der Waals surface area contributed by atoms with Gasteiger partial charge in [0.25, 0.3) is 0 Å². The zero-order chi connectivity index (χ0) is 13.6. The lowest BCUT2D eigenvalue weighted by Crippen LogP contribution is -2.39. The van der Waals surface area contributed by atoms with Gasteiger partial charge in [-0.15, -0.1) is 0 Å². The Morgan fingerprint density at radius 3 is 2.67 bits per heavy atom. The molecule has 0 aliphatic heterocycles. The van der Waals surface area contributed by atoms with Crippen molar-refractivity contribution in [3.63, 3.8) is 0 Å². The number of carbonyl (C=O) groups is 1. The van der Waals surface area contributed by atoms with Crippen LogP contribution in [0.15, 0.2) is 28.7 Å². The summed E-state index contributed by atoms with van der Waals surface area (Å²) in [4.78, 5) is 11.8. The largest absolute Gasteiger partial charge is 0.355 e. The molecule has 0 heterocycles. The SMILES string of the molecule is CNCC(C)(C)CNC(=O)Cc1cccc(Br)c1. The topological polar surface area (TPSA) is 41.1 Å². The molecule has 1 rings (SSSR count). The van der Waals surface area contributed by atoms with E-state index in [9.17, 15) is 4.79 Å². The molecule has 0 radical (unpaired) electrons. The summed E-state index contributed by atoms with van der Waals surface area (Å²) in [5.41, 5.74) is 1.09. The summed E-state index contributed by atoms with van der Waals surface area (Å²) in [5.74, 6) is 0.0669. The van der Waals surface area contributed by atoms with Gasteiger partial charge in [0.1, 0.15) is 0 Å². The van der Waals surface area contributed by atoms with E-state index in [-0.39, 0.29) is 11.3 Å². The minimum absolute atomic E-state index is 0.0669. The first kappa shape index (κ1) is 15.2. The fourth-order valence-electron chi connectivity index (χ4n) is 1.77. The van der Waals surface area contributed by atoms with E-state index in [1.807, 2.05) is 31.3 Å². The second-order valence-corrected chi connectivity index (χ2v) is 6.19. The van der Waals surface area contributed by atoms with Crippen LogP contribution in [0.25, 0.3) is 0 Å². The number of benzene rings is 1. The molecule has 0 aromatic heterocycles. The molecule has 0 aliphatic carbocycles. The molecule has 0 saturated heterocycles. The highest BCUT2D eigenvalue weighted by Crippen LogP contribution is 2.13. The van der Waals surface area contributed by atoms with Gasteiger partial charge in [-0.2, -0.15) is 0 Å². The first-order valence-electron chi connectivity index (χ1n) is 6.09. The number of amides is 1. The molecular formula is C14H21BrN2O. The van der Waals surface area contributed by atoms with Gasteiger partial charge in [0.15, 0.2) is 0 Å². The Balaban J connectivity index is 2.43. The van der Waals surface area contributed by atoms with Gasteiger partial charge in [0, 0.05) is 17.6 Å². The van der Waals surface area contributed by atoms with Crippen molar-refractivity contribution < 1.29 is 4.79 Å². The molecule has 1 aromatic rings. The molecule has 0 spiro atoms. The fraction of sp³-hybridized carbons (Fsp3) is 0.500. The molecule has 0 aliphatic rings. The molecule has 100 valence electrons. The second-order valence-electron chi connectivity index (χ2n) is 5.28. The van der Waals surface area contributed by atoms with Crippen LogP contribution in [0.2, 0.25) is 0 Å². The van der Waals surface area contributed by atoms with Gasteiger partial charge >= 0.3 is 0 Å². The van der Waals surface area contributed by atoms with Gasteiger partial charge in [-0.25, -0.2) is 0 Å². The van der Waals surface area contributed by atoms with Crippen molar-refractivity contribution in [3.8, 4) is 0 Å². The third-order valence-corrected chi connectivity index (χ3v) is 3.17. The first-order chi connectivity index (χ1) is 8.43. The van der Waals surface area contributed by atoms with Crippen LogP contribution in [0, 0.1) is 5.41 Å². The molecular weight excluding hydrogens is 292 g/mol. The van der Waals surface area contributed by atoms with Crippen LogP contribution >= 0.6 is 15.9 Å². The summed E-state index contributed by atoms with van der Waals surface area (Å²) in [6, 6.07) is 7.83. The zero-order valence-electron chi connectivity index (χ0n) is 11.2. The maximum Gasteiger partial charge on any atom is 0.224 e. The van der Waals surface area contributed by atoms with E-state index >= 15 is 0 Å². The van der Waals surface area contributed by atoms with E-state index in [2.05, 4.69) is 40.4 Å². The van der Waals surface area contributed by atoms with E-state index in [1.165, 1.54) is 0 Å². The summed E-state index contributed by atoms with van der Waals surface area (Å²) >= 11 is 3.40. The number of hydrogen-bond acceptors (Lipinski definition) is 2. The highest BCUT2D eigenvalue weighted by molar-refractivity contribution is 9.10. The van der Waals surface area contributed by atoms with E-state index in [4.69, 9.17) is 0 Å². The minimum Gasteiger partial charge on any atom is -0.355 e. The van der Waals surface area contributed by atoms with E-state index < -0.39 is 0 Å². The van der Waals surface area contributed by atoms with Crippen molar-refractivity contribution in [2.75, 3.05) is 20.1 Å². The molecule has 0 unspecified atom stereocenters. The predicted molar refractivity (Wildman–Crippen MR) is 78.6 cm³/mol. The average molecular weight is 313 g/mol. The Hall–Kier alpha value is -0.870. The molecule has 0 atom stereocenters. The quantitative estimate of drug-likeness (QED) is 0.846.